The number of carbonyl (C=O) groups excluding carboxylic acids is 3. The number of hydrogen-bond acceptors (Lipinski definition) is 3. The molecule has 0 aliphatic rings. The van der Waals surface area contributed by atoms with Gasteiger partial charge in [-0.2, -0.15) is 0 Å². The molecule has 0 rings (SSSR count). The standard InChI is InChI=1S/C18H35N3O3/c1-3-5-7-12-16(22)20-14-10-9-11-15(18(19)24)21-17(23)13-8-6-4-2/h15H,3-14H2,1-2H3,(H2,19,24)(H,20,22)(H,21,23). The molecule has 4 N–H and O–H groups in total. The summed E-state index contributed by atoms with van der Waals surface area (Å²) in [5.41, 5.74) is 5.35. The van der Waals surface area contributed by atoms with Crippen molar-refractivity contribution >= 4 is 17.7 Å². The number of amides is 3. The minimum Gasteiger partial charge on any atom is -0.368 e. The SMILES string of the molecule is CCCCCC(=O)NCCCCC(NC(=O)CCCCC)C(N)=O. The number of primary amides is 1. The molecule has 0 fully saturated rings. The lowest BCUT2D eigenvalue weighted by Crippen LogP contribution is -2.44. The molecule has 24 heavy (non-hydrogen) atoms. The zero-order valence-corrected chi connectivity index (χ0v) is 15.4. The molecule has 0 aliphatic carbocycles. The van der Waals surface area contributed by atoms with Crippen LogP contribution in [0.2, 0.25) is 0 Å². The van der Waals surface area contributed by atoms with Crippen molar-refractivity contribution in [3.63, 3.8) is 0 Å². The van der Waals surface area contributed by atoms with Gasteiger partial charge in [-0.15, -0.1) is 0 Å². The van der Waals surface area contributed by atoms with Crippen LogP contribution in [0.15, 0.2) is 0 Å². The third-order valence-electron chi connectivity index (χ3n) is 3.94. The Morgan fingerprint density at radius 3 is 1.96 bits per heavy atom. The van der Waals surface area contributed by atoms with E-state index in [-0.39, 0.29) is 11.8 Å². The monoisotopic (exact) mass is 341 g/mol. The number of hydrogen-bond donors (Lipinski definition) is 3. The number of nitrogens with one attached hydrogen (secondary N) is 2. The summed E-state index contributed by atoms with van der Waals surface area (Å²) in [6, 6.07) is -0.612. The number of nitrogens with two attached hydrogens (primary N) is 1. The van der Waals surface area contributed by atoms with E-state index >= 15 is 0 Å². The van der Waals surface area contributed by atoms with Crippen molar-refractivity contribution in [3.05, 3.63) is 0 Å². The van der Waals surface area contributed by atoms with Crippen molar-refractivity contribution in [2.45, 2.75) is 90.5 Å². The van der Waals surface area contributed by atoms with Gasteiger partial charge < -0.3 is 16.4 Å². The molecular weight excluding hydrogens is 306 g/mol. The molecule has 1 atom stereocenters. The van der Waals surface area contributed by atoms with Gasteiger partial charge in [-0.3, -0.25) is 14.4 Å². The first kappa shape index (κ1) is 22.4. The van der Waals surface area contributed by atoms with Crippen LogP contribution in [0.1, 0.15) is 84.5 Å². The maximum atomic E-state index is 11.8. The summed E-state index contributed by atoms with van der Waals surface area (Å²) in [6.45, 7) is 4.78. The first-order valence-electron chi connectivity index (χ1n) is 9.36. The van der Waals surface area contributed by atoms with Gasteiger partial charge in [0.1, 0.15) is 6.04 Å². The topological polar surface area (TPSA) is 101 Å². The Bertz CT molecular complexity index is 373. The molecule has 3 amide bonds. The Morgan fingerprint density at radius 2 is 1.42 bits per heavy atom. The van der Waals surface area contributed by atoms with Crippen molar-refractivity contribution in [3.8, 4) is 0 Å². The minimum atomic E-state index is -0.612. The van der Waals surface area contributed by atoms with Gasteiger partial charge in [-0.05, 0) is 32.1 Å². The van der Waals surface area contributed by atoms with Crippen LogP contribution in [0.3, 0.4) is 0 Å². The van der Waals surface area contributed by atoms with Gasteiger partial charge in [0, 0.05) is 19.4 Å². The normalized spacial score (nSPS) is 11.8. The molecule has 0 bridgehead atoms. The Kier molecular flexibility index (Phi) is 14.0. The van der Waals surface area contributed by atoms with Crippen molar-refractivity contribution in [2.75, 3.05) is 6.54 Å². The maximum Gasteiger partial charge on any atom is 0.239 e. The van der Waals surface area contributed by atoms with Crippen LogP contribution in [-0.2, 0) is 14.4 Å². The number of unbranched alkanes of at least 4 members (excludes halogenated alkanes) is 5. The zero-order chi connectivity index (χ0) is 18.2. The molecule has 0 heterocycles. The highest BCUT2D eigenvalue weighted by atomic mass is 16.2. The van der Waals surface area contributed by atoms with E-state index in [0.29, 0.717) is 25.8 Å². The fraction of sp³-hybridized carbons (Fsp3) is 0.833. The Hall–Kier alpha value is -1.59. The quantitative estimate of drug-likeness (QED) is 0.399. The molecule has 140 valence electrons. The van der Waals surface area contributed by atoms with Crippen LogP contribution in [0.4, 0.5) is 0 Å². The van der Waals surface area contributed by atoms with E-state index < -0.39 is 11.9 Å². The van der Waals surface area contributed by atoms with E-state index in [1.807, 2.05) is 0 Å². The van der Waals surface area contributed by atoms with Gasteiger partial charge in [0.25, 0.3) is 0 Å². The van der Waals surface area contributed by atoms with Crippen LogP contribution < -0.4 is 16.4 Å². The summed E-state index contributed by atoms with van der Waals surface area (Å²) in [5, 5.41) is 5.59. The number of rotatable bonds is 15. The summed E-state index contributed by atoms with van der Waals surface area (Å²) in [6.07, 6.45) is 9.03. The van der Waals surface area contributed by atoms with Gasteiger partial charge >= 0.3 is 0 Å². The highest BCUT2D eigenvalue weighted by Crippen LogP contribution is 2.04. The smallest absolute Gasteiger partial charge is 0.239 e. The lowest BCUT2D eigenvalue weighted by molar-refractivity contribution is -0.127. The average Bonchev–Trinajstić information content (AvgIpc) is 2.53. The van der Waals surface area contributed by atoms with Crippen LogP contribution in [-0.4, -0.2) is 30.3 Å². The molecule has 0 aromatic heterocycles. The van der Waals surface area contributed by atoms with E-state index in [2.05, 4.69) is 24.5 Å². The molecule has 6 nitrogen and oxygen atoms in total. The molecule has 6 heteroatoms. The molecule has 0 aromatic carbocycles. The average molecular weight is 341 g/mol. The second-order valence-electron chi connectivity index (χ2n) is 6.28. The van der Waals surface area contributed by atoms with Crippen LogP contribution in [0.25, 0.3) is 0 Å². The van der Waals surface area contributed by atoms with Crippen molar-refractivity contribution < 1.29 is 14.4 Å². The van der Waals surface area contributed by atoms with Crippen molar-refractivity contribution in [2.24, 2.45) is 5.73 Å². The lowest BCUT2D eigenvalue weighted by Gasteiger charge is -2.15. The summed E-state index contributed by atoms with van der Waals surface area (Å²) in [7, 11) is 0. The van der Waals surface area contributed by atoms with E-state index in [0.717, 1.165) is 51.4 Å². The third kappa shape index (κ3) is 12.9. The second-order valence-corrected chi connectivity index (χ2v) is 6.28. The summed E-state index contributed by atoms with van der Waals surface area (Å²) < 4.78 is 0. The van der Waals surface area contributed by atoms with Gasteiger partial charge in [0.15, 0.2) is 0 Å². The van der Waals surface area contributed by atoms with Crippen molar-refractivity contribution in [1.82, 2.24) is 10.6 Å². The Labute approximate surface area is 146 Å². The summed E-state index contributed by atoms with van der Waals surface area (Å²) in [5.74, 6) is -0.530. The van der Waals surface area contributed by atoms with Crippen LogP contribution in [0.5, 0.6) is 0 Å². The van der Waals surface area contributed by atoms with Gasteiger partial charge in [-0.25, -0.2) is 0 Å². The van der Waals surface area contributed by atoms with Crippen molar-refractivity contribution in [1.29, 1.82) is 0 Å². The molecule has 0 aromatic rings. The summed E-state index contributed by atoms with van der Waals surface area (Å²) >= 11 is 0. The molecular formula is C18H35N3O3. The molecule has 0 spiro atoms. The molecule has 0 saturated heterocycles. The highest BCUT2D eigenvalue weighted by Gasteiger charge is 2.17. The number of carbonyl (C=O) groups is 3. The highest BCUT2D eigenvalue weighted by molar-refractivity contribution is 5.86. The fourth-order valence-corrected chi connectivity index (χ4v) is 2.41. The third-order valence-corrected chi connectivity index (χ3v) is 3.94. The maximum absolute atomic E-state index is 11.8. The molecule has 1 unspecified atom stereocenters. The summed E-state index contributed by atoms with van der Waals surface area (Å²) in [4.78, 5) is 34.7. The molecule has 0 aliphatic heterocycles. The van der Waals surface area contributed by atoms with Crippen LogP contribution in [0, 0.1) is 0 Å². The first-order chi connectivity index (χ1) is 11.5. The first-order valence-corrected chi connectivity index (χ1v) is 9.36. The van der Waals surface area contributed by atoms with E-state index in [9.17, 15) is 14.4 Å². The zero-order valence-electron chi connectivity index (χ0n) is 15.4. The Morgan fingerprint density at radius 1 is 0.833 bits per heavy atom. The Balaban J connectivity index is 3.83. The van der Waals surface area contributed by atoms with E-state index in [1.165, 1.54) is 0 Å². The van der Waals surface area contributed by atoms with E-state index in [4.69, 9.17) is 5.73 Å². The minimum absolute atomic E-state index is 0.0825. The lowest BCUT2D eigenvalue weighted by atomic mass is 10.1. The molecule has 0 saturated carbocycles. The predicted octanol–water partition coefficient (Wildman–Crippen LogP) is 2.40. The molecule has 0 radical (unpaired) electrons. The largest absolute Gasteiger partial charge is 0.368 e. The van der Waals surface area contributed by atoms with Gasteiger partial charge in [-0.1, -0.05) is 39.5 Å². The predicted molar refractivity (Wildman–Crippen MR) is 96.3 cm³/mol. The van der Waals surface area contributed by atoms with Gasteiger partial charge in [0.2, 0.25) is 17.7 Å². The van der Waals surface area contributed by atoms with Gasteiger partial charge in [0.05, 0.1) is 0 Å². The second kappa shape index (κ2) is 15.0. The fourth-order valence-electron chi connectivity index (χ4n) is 2.41. The van der Waals surface area contributed by atoms with E-state index in [1.54, 1.807) is 0 Å². The van der Waals surface area contributed by atoms with Crippen LogP contribution >= 0.6 is 0 Å².